The van der Waals surface area contributed by atoms with Crippen LogP contribution in [0.1, 0.15) is 42.4 Å². The first-order valence-electron chi connectivity index (χ1n) is 11.4. The van der Waals surface area contributed by atoms with Crippen LogP contribution in [0.5, 0.6) is 0 Å². The van der Waals surface area contributed by atoms with Gasteiger partial charge in [0, 0.05) is 37.9 Å². The maximum absolute atomic E-state index is 13.6. The fraction of sp³-hybridized carbons (Fsp3) is 0.417. The van der Waals surface area contributed by atoms with Crippen molar-refractivity contribution in [2.24, 2.45) is 0 Å². The predicted octanol–water partition coefficient (Wildman–Crippen LogP) is 6.28. The van der Waals surface area contributed by atoms with Crippen molar-refractivity contribution in [3.05, 3.63) is 53.2 Å². The molecule has 0 amide bonds. The Balaban J connectivity index is 1.43. The molecule has 5 nitrogen and oxygen atoms in total. The Morgan fingerprint density at radius 2 is 1.63 bits per heavy atom. The van der Waals surface area contributed by atoms with Crippen molar-refractivity contribution >= 4 is 28.4 Å². The Kier molecular flexibility index (Phi) is 5.88. The number of H-pyrrole nitrogens is 1. The normalized spacial score (nSPS) is 17.7. The van der Waals surface area contributed by atoms with Gasteiger partial charge < -0.3 is 14.8 Å². The number of aromatic nitrogens is 3. The fourth-order valence-corrected chi connectivity index (χ4v) is 4.75. The summed E-state index contributed by atoms with van der Waals surface area (Å²) < 4.78 is 81.0. The van der Waals surface area contributed by atoms with Crippen LogP contribution in [-0.4, -0.2) is 41.1 Å². The zero-order valence-electron chi connectivity index (χ0n) is 18.7. The second-order valence-corrected chi connectivity index (χ2v) is 8.80. The summed E-state index contributed by atoms with van der Waals surface area (Å²) in [5.74, 6) is 0.291. The molecule has 3 heterocycles. The van der Waals surface area contributed by atoms with Crippen LogP contribution in [0.2, 0.25) is 0 Å². The highest BCUT2D eigenvalue weighted by Gasteiger charge is 2.37. The summed E-state index contributed by atoms with van der Waals surface area (Å²) in [4.78, 5) is 15.0. The number of allylic oxidation sites excluding steroid dienone is 2. The zero-order valence-corrected chi connectivity index (χ0v) is 18.7. The van der Waals surface area contributed by atoms with Crippen LogP contribution in [0, 0.1) is 0 Å². The van der Waals surface area contributed by atoms with Gasteiger partial charge in [-0.25, -0.2) is 9.97 Å². The number of nitrogens with zero attached hydrogens (tertiary/aromatic N) is 4. The van der Waals surface area contributed by atoms with Crippen LogP contribution in [0.4, 0.5) is 38.1 Å². The number of piperazine rings is 1. The van der Waals surface area contributed by atoms with Gasteiger partial charge in [-0.1, -0.05) is 6.08 Å². The lowest BCUT2D eigenvalue weighted by atomic mass is 9.92. The lowest BCUT2D eigenvalue weighted by Gasteiger charge is -2.36. The summed E-state index contributed by atoms with van der Waals surface area (Å²) in [6.45, 7) is 1.22. The largest absolute Gasteiger partial charge is 0.419 e. The van der Waals surface area contributed by atoms with Crippen molar-refractivity contribution in [3.63, 3.8) is 0 Å². The van der Waals surface area contributed by atoms with Crippen LogP contribution in [0.3, 0.4) is 0 Å². The van der Waals surface area contributed by atoms with Crippen molar-refractivity contribution in [1.29, 1.82) is 0 Å². The van der Waals surface area contributed by atoms with Gasteiger partial charge in [-0.3, -0.25) is 0 Å². The van der Waals surface area contributed by atoms with Gasteiger partial charge >= 0.3 is 12.4 Å². The number of aromatic amines is 1. The van der Waals surface area contributed by atoms with Gasteiger partial charge in [0.25, 0.3) is 0 Å². The summed E-state index contributed by atoms with van der Waals surface area (Å²) in [6.07, 6.45) is -2.26. The minimum absolute atomic E-state index is 0.120. The molecule has 1 N–H and O–H groups in total. The molecule has 0 atom stereocenters. The first kappa shape index (κ1) is 23.5. The highest BCUT2D eigenvalue weighted by molar-refractivity contribution is 5.91. The van der Waals surface area contributed by atoms with E-state index in [4.69, 9.17) is 0 Å². The Morgan fingerprint density at radius 3 is 2.29 bits per heavy atom. The monoisotopic (exact) mass is 495 g/mol. The molecule has 2 aliphatic rings. The number of nitrogens with one attached hydrogen (secondary N) is 1. The predicted molar refractivity (Wildman–Crippen MR) is 121 cm³/mol. The van der Waals surface area contributed by atoms with Crippen molar-refractivity contribution in [1.82, 2.24) is 15.0 Å². The molecule has 1 aromatic carbocycles. The van der Waals surface area contributed by atoms with Gasteiger partial charge in [0.05, 0.1) is 22.2 Å². The van der Waals surface area contributed by atoms with Crippen molar-refractivity contribution in [2.75, 3.05) is 36.0 Å². The maximum atomic E-state index is 13.6. The summed E-state index contributed by atoms with van der Waals surface area (Å²) in [6, 6.07) is 4.50. The zero-order chi connectivity index (χ0) is 24.8. The van der Waals surface area contributed by atoms with Crippen molar-refractivity contribution < 1.29 is 26.3 Å². The molecule has 1 saturated heterocycles. The summed E-state index contributed by atoms with van der Waals surface area (Å²) >= 11 is 0. The first-order chi connectivity index (χ1) is 16.6. The number of hydrogen-bond acceptors (Lipinski definition) is 4. The third-order valence-corrected chi connectivity index (χ3v) is 6.51. The number of fused-ring (bicyclic) bond motifs is 1. The molecule has 1 fully saturated rings. The molecule has 0 saturated carbocycles. The van der Waals surface area contributed by atoms with Gasteiger partial charge in [-0.2, -0.15) is 26.3 Å². The molecule has 186 valence electrons. The Morgan fingerprint density at radius 1 is 0.886 bits per heavy atom. The highest BCUT2D eigenvalue weighted by Crippen LogP contribution is 2.39. The van der Waals surface area contributed by atoms with E-state index in [1.54, 1.807) is 4.90 Å². The van der Waals surface area contributed by atoms with Crippen LogP contribution < -0.4 is 9.80 Å². The van der Waals surface area contributed by atoms with E-state index in [2.05, 4.69) is 15.0 Å². The minimum atomic E-state index is -4.51. The molecule has 2 aromatic heterocycles. The average molecular weight is 495 g/mol. The Labute approximate surface area is 197 Å². The van der Waals surface area contributed by atoms with Gasteiger partial charge in [0.15, 0.2) is 0 Å². The lowest BCUT2D eigenvalue weighted by molar-refractivity contribution is -0.138. The summed E-state index contributed by atoms with van der Waals surface area (Å²) in [7, 11) is 0. The summed E-state index contributed by atoms with van der Waals surface area (Å²) in [5.41, 5.74) is 0.600. The van der Waals surface area contributed by atoms with E-state index >= 15 is 0 Å². The quantitative estimate of drug-likeness (QED) is 0.435. The van der Waals surface area contributed by atoms with E-state index in [1.165, 1.54) is 18.3 Å². The third kappa shape index (κ3) is 4.68. The maximum Gasteiger partial charge on any atom is 0.419 e. The van der Waals surface area contributed by atoms with Gasteiger partial charge in [-0.15, -0.1) is 0 Å². The van der Waals surface area contributed by atoms with Crippen LogP contribution in [-0.2, 0) is 12.4 Å². The second-order valence-electron chi connectivity index (χ2n) is 8.80. The molecule has 0 spiro atoms. The minimum Gasteiger partial charge on any atom is -0.353 e. The molecule has 5 rings (SSSR count). The number of anilines is 2. The number of pyridine rings is 1. The smallest absolute Gasteiger partial charge is 0.353 e. The third-order valence-electron chi connectivity index (χ3n) is 6.51. The van der Waals surface area contributed by atoms with E-state index in [1.807, 2.05) is 11.0 Å². The first-order valence-corrected chi connectivity index (χ1v) is 11.4. The number of alkyl halides is 6. The summed E-state index contributed by atoms with van der Waals surface area (Å²) in [5, 5.41) is 0. The van der Waals surface area contributed by atoms with Crippen LogP contribution in [0.25, 0.3) is 16.6 Å². The van der Waals surface area contributed by atoms with Gasteiger partial charge in [0.1, 0.15) is 5.82 Å². The average Bonchev–Trinajstić information content (AvgIpc) is 3.27. The van der Waals surface area contributed by atoms with Gasteiger partial charge in [0.2, 0.25) is 5.95 Å². The lowest BCUT2D eigenvalue weighted by Crippen LogP contribution is -2.47. The van der Waals surface area contributed by atoms with E-state index in [-0.39, 0.29) is 18.9 Å². The topological polar surface area (TPSA) is 48.1 Å². The number of rotatable bonds is 3. The molecule has 1 aliphatic heterocycles. The van der Waals surface area contributed by atoms with Crippen molar-refractivity contribution in [3.8, 4) is 0 Å². The molecule has 0 unspecified atom stereocenters. The van der Waals surface area contributed by atoms with E-state index < -0.39 is 23.5 Å². The number of hydrogen-bond donors (Lipinski definition) is 1. The molecular formula is C24H23F6N5. The molecule has 11 heteroatoms. The number of imidazole rings is 1. The SMILES string of the molecule is FC(F)(F)c1cc(C2=CCCCC2)c2nc(N3CCN(c4ncccc4C(F)(F)F)CC3)[nH]c2c1. The van der Waals surface area contributed by atoms with Crippen LogP contribution >= 0.6 is 0 Å². The van der Waals surface area contributed by atoms with Crippen LogP contribution in [0.15, 0.2) is 36.5 Å². The van der Waals surface area contributed by atoms with E-state index in [0.717, 1.165) is 37.0 Å². The van der Waals surface area contributed by atoms with E-state index in [9.17, 15) is 26.3 Å². The fourth-order valence-electron chi connectivity index (χ4n) is 4.75. The molecular weight excluding hydrogens is 472 g/mol. The number of halogens is 6. The Bertz CT molecular complexity index is 1250. The highest BCUT2D eigenvalue weighted by atomic mass is 19.4. The van der Waals surface area contributed by atoms with Gasteiger partial charge in [-0.05, 0) is 55.5 Å². The second kappa shape index (κ2) is 8.76. The molecule has 0 bridgehead atoms. The van der Waals surface area contributed by atoms with Crippen molar-refractivity contribution in [2.45, 2.75) is 38.0 Å². The molecule has 0 radical (unpaired) electrons. The standard InChI is InChI=1S/C24H23F6N5/c25-23(26,27)16-13-17(15-5-2-1-3-6-15)20-19(14-16)32-22(33-20)35-11-9-34(10-12-35)21-18(24(28,29)30)7-4-8-31-21/h4-5,7-8,13-14H,1-3,6,9-12H2,(H,32,33). The van der Waals surface area contributed by atoms with E-state index in [0.29, 0.717) is 42.1 Å². The molecule has 1 aliphatic carbocycles. The molecule has 35 heavy (non-hydrogen) atoms. The number of benzene rings is 1. The Hall–Kier alpha value is -3.24. The molecule has 3 aromatic rings.